The third kappa shape index (κ3) is 17.5. The number of nitrogens with zero attached hydrogens (tertiary/aromatic N) is 8. The van der Waals surface area contributed by atoms with Gasteiger partial charge < -0.3 is 56.5 Å². The molecule has 0 saturated heterocycles. The number of aliphatic carboxylic acids is 3. The summed E-state index contributed by atoms with van der Waals surface area (Å²) in [7, 11) is 2.91. The number of carboxylic acid groups (broad SMARTS) is 3. The van der Waals surface area contributed by atoms with E-state index in [-0.39, 0.29) is 84.8 Å². The fourth-order valence-corrected chi connectivity index (χ4v) is 16.5. The number of carboxylic acids is 3. The number of hydrogen-bond acceptors (Lipinski definition) is 25. The molecule has 1 aromatic carbocycles. The van der Waals surface area contributed by atoms with E-state index in [2.05, 4.69) is 26.6 Å². The summed E-state index contributed by atoms with van der Waals surface area (Å²) in [6, 6.07) is 9.15. The molecule has 1 aliphatic carbocycles. The van der Waals surface area contributed by atoms with E-state index in [9.17, 15) is 63.6 Å². The summed E-state index contributed by atoms with van der Waals surface area (Å²) < 4.78 is 11.4. The van der Waals surface area contributed by atoms with Crippen LogP contribution in [0.3, 0.4) is 0 Å². The number of aryl methyl sites for hydroxylation is 1. The first-order chi connectivity index (χ1) is 47.0. The van der Waals surface area contributed by atoms with Gasteiger partial charge in [-0.1, -0.05) is 50.6 Å². The van der Waals surface area contributed by atoms with Gasteiger partial charge in [0.25, 0.3) is 17.7 Å². The van der Waals surface area contributed by atoms with Crippen LogP contribution in [0.4, 0.5) is 10.6 Å². The molecule has 0 radical (unpaired) electrons. The second kappa shape index (κ2) is 32.6. The van der Waals surface area contributed by atoms with E-state index in [0.717, 1.165) is 56.7 Å². The molecule has 7 aromatic heterocycles. The molecule has 2 aliphatic rings. The van der Waals surface area contributed by atoms with Crippen LogP contribution in [-0.2, 0) is 40.1 Å². The molecule has 34 heteroatoms. The van der Waals surface area contributed by atoms with Gasteiger partial charge in [0, 0.05) is 59.1 Å². The predicted octanol–water partition coefficient (Wildman–Crippen LogP) is 9.63. The molecular formula is C64H69N13O15S6. The van der Waals surface area contributed by atoms with Gasteiger partial charge in [-0.15, -0.1) is 68.0 Å². The number of amides is 6. The number of carbonyl (C=O) groups is 9. The Kier molecular flexibility index (Phi) is 23.9. The fraction of sp³-hybridized carbons (Fsp3) is 0.406. The van der Waals surface area contributed by atoms with Gasteiger partial charge in [-0.25, -0.2) is 39.7 Å². The molecule has 2 unspecified atom stereocenters. The summed E-state index contributed by atoms with van der Waals surface area (Å²) in [5.74, 6) is -7.80. The summed E-state index contributed by atoms with van der Waals surface area (Å²) in [6.07, 6.45) is -1.27. The topological polar surface area (TPSA) is 407 Å². The molecule has 28 nitrogen and oxygen atoms in total. The number of pyridine rings is 1. The Morgan fingerprint density at radius 2 is 1.39 bits per heavy atom. The Morgan fingerprint density at radius 1 is 0.684 bits per heavy atom. The van der Waals surface area contributed by atoms with Crippen molar-refractivity contribution in [3.63, 3.8) is 0 Å². The number of hydrogen-bond donors (Lipinski definition) is 9. The number of thiazole rings is 6. The first-order valence-corrected chi connectivity index (χ1v) is 36.3. The van der Waals surface area contributed by atoms with Crippen LogP contribution in [0.5, 0.6) is 0 Å². The molecule has 1 aliphatic heterocycles. The molecule has 8 heterocycles. The minimum atomic E-state index is -1.33. The molecule has 5 atom stereocenters. The van der Waals surface area contributed by atoms with E-state index >= 15 is 0 Å². The predicted molar refractivity (Wildman–Crippen MR) is 366 cm³/mol. The molecule has 6 amide bonds. The SMILES string of the molecule is CNC(=O)C[C@@H]1NC(=O)c2csc(n2)-c2ccc(-c3nc(N(CCCCC(CCC(=O)O)C(=O)O)C(=O)OC4CCC(C(=O)O)CC4)cs3)nc2-c2csc(n2)-c2csc(n2)[C@H]([C@@H](O)c2ccccc2)NC(=O)CNC(=O)c2nc(sc2COC)C(C(C)C)NC(=O)c2nc1sc2C. The summed E-state index contributed by atoms with van der Waals surface area (Å²) in [4.78, 5) is 156. The first-order valence-electron chi connectivity index (χ1n) is 31.1. The van der Waals surface area contributed by atoms with Crippen LogP contribution in [0.15, 0.2) is 64.0 Å². The lowest BCUT2D eigenvalue weighted by Crippen LogP contribution is -2.40. The molecule has 10 bridgehead atoms. The van der Waals surface area contributed by atoms with E-state index in [1.807, 2.05) is 13.8 Å². The van der Waals surface area contributed by atoms with Crippen LogP contribution in [0.1, 0.15) is 164 Å². The largest absolute Gasteiger partial charge is 0.481 e. The second-order valence-electron chi connectivity index (χ2n) is 23.5. The molecule has 516 valence electrons. The average molecular weight is 1450 g/mol. The molecule has 1 fully saturated rings. The number of aliphatic hydroxyl groups is 1. The van der Waals surface area contributed by atoms with Gasteiger partial charge >= 0.3 is 24.0 Å². The fourth-order valence-electron chi connectivity index (χ4n) is 11.0. The summed E-state index contributed by atoms with van der Waals surface area (Å²) in [6.45, 7) is 4.88. The van der Waals surface area contributed by atoms with Crippen molar-refractivity contribution in [2.24, 2.45) is 17.8 Å². The van der Waals surface area contributed by atoms with E-state index in [0.29, 0.717) is 95.1 Å². The van der Waals surface area contributed by atoms with Gasteiger partial charge in [-0.3, -0.25) is 43.3 Å². The molecule has 98 heavy (non-hydrogen) atoms. The van der Waals surface area contributed by atoms with Gasteiger partial charge in [0.2, 0.25) is 11.8 Å². The number of carbonyl (C=O) groups excluding carboxylic acids is 6. The van der Waals surface area contributed by atoms with E-state index in [1.54, 1.807) is 70.9 Å². The third-order valence-corrected chi connectivity index (χ3v) is 22.0. The number of fused-ring (bicyclic) bond motifs is 14. The van der Waals surface area contributed by atoms with Crippen LogP contribution >= 0.6 is 68.0 Å². The van der Waals surface area contributed by atoms with Crippen molar-refractivity contribution in [1.82, 2.24) is 61.5 Å². The van der Waals surface area contributed by atoms with Crippen LogP contribution in [0.2, 0.25) is 0 Å². The van der Waals surface area contributed by atoms with E-state index in [4.69, 9.17) is 44.4 Å². The zero-order valence-corrected chi connectivity index (χ0v) is 58.4. The number of aliphatic hydroxyl groups excluding tert-OH is 1. The van der Waals surface area contributed by atoms with Gasteiger partial charge in [0.1, 0.15) is 88.3 Å². The van der Waals surface area contributed by atoms with Crippen LogP contribution in [0, 0.1) is 24.7 Å². The summed E-state index contributed by atoms with van der Waals surface area (Å²) in [5.41, 5.74) is 2.18. The van der Waals surface area contributed by atoms with Crippen LogP contribution in [0.25, 0.3) is 43.4 Å². The number of aromatic nitrogens is 7. The minimum absolute atomic E-state index is 0.0235. The number of anilines is 1. The smallest absolute Gasteiger partial charge is 0.415 e. The third-order valence-electron chi connectivity index (χ3n) is 16.3. The van der Waals surface area contributed by atoms with Crippen molar-refractivity contribution >= 4 is 127 Å². The quantitative estimate of drug-likeness (QED) is 0.0320. The maximum atomic E-state index is 14.5. The van der Waals surface area contributed by atoms with Crippen molar-refractivity contribution in [1.29, 1.82) is 0 Å². The van der Waals surface area contributed by atoms with E-state index < -0.39 is 102 Å². The zero-order chi connectivity index (χ0) is 69.9. The van der Waals surface area contributed by atoms with Crippen molar-refractivity contribution < 1.29 is 73.1 Å². The molecular weight excluding hydrogens is 1380 g/mol. The van der Waals surface area contributed by atoms with Crippen molar-refractivity contribution in [2.45, 2.75) is 122 Å². The standard InChI is InChI=1S/C64H69N13O15S6/c1-30(2)47-61-76-50(42(98-61)25-91-5)54(84)66-24-45(79)73-51(52(82)32-11-7-6-8-12-32)60-71-41(28-95-60)58-69-39(26-94-58)49-36(56-70-40(27-93-56)53(83)68-38(23-44(78)65-4)59-75-48(31(3)97-59)55(85)74-47)19-20-37(67-49)57-72-43(29-96-57)77(22-10-9-13-33(62(86)87)16-21-46(80)81)64(90)92-35-17-14-34(15-18-35)63(88)89/h6-8,11-12,19-20,26-30,33-35,38,47,51-52,82H,9-10,13-18,21-25H2,1-5H3,(H,65,78)(H,66,84)(H,68,83)(H,73,79)(H,74,85)(H,80,81)(H,86,87)(H,88,89)/t33?,34?,35?,38-,47?,51-,52-/m0/s1. The Bertz CT molecular complexity index is 4230. The number of unbranched alkanes of at least 4 members (excludes halogenated alkanes) is 1. The summed E-state index contributed by atoms with van der Waals surface area (Å²) in [5, 5.41) is 63.4. The lowest BCUT2D eigenvalue weighted by atomic mass is 9.87. The maximum Gasteiger partial charge on any atom is 0.415 e. The Morgan fingerprint density at radius 3 is 2.10 bits per heavy atom. The molecule has 1 saturated carbocycles. The number of rotatable bonds is 20. The molecule has 10 rings (SSSR count). The van der Waals surface area contributed by atoms with Gasteiger partial charge in [0.15, 0.2) is 0 Å². The highest BCUT2D eigenvalue weighted by molar-refractivity contribution is 7.15. The number of methoxy groups -OCH3 is 1. The van der Waals surface area contributed by atoms with Gasteiger partial charge in [-0.05, 0) is 75.5 Å². The van der Waals surface area contributed by atoms with Gasteiger partial charge in [-0.2, -0.15) is 0 Å². The number of ether oxygens (including phenoxy) is 2. The Balaban J connectivity index is 1.03. The van der Waals surface area contributed by atoms with E-state index in [1.165, 1.54) is 30.4 Å². The first kappa shape index (κ1) is 71.9. The minimum Gasteiger partial charge on any atom is -0.481 e. The van der Waals surface area contributed by atoms with Crippen molar-refractivity contribution in [2.75, 3.05) is 32.1 Å². The van der Waals surface area contributed by atoms with Crippen molar-refractivity contribution in [3.8, 4) is 43.4 Å². The molecule has 0 spiro atoms. The van der Waals surface area contributed by atoms with Gasteiger partial charge in [0.05, 0.1) is 54.1 Å². The Hall–Kier alpha value is -8.90. The molecule has 9 N–H and O–H groups in total. The normalized spacial score (nSPS) is 18.3. The summed E-state index contributed by atoms with van der Waals surface area (Å²) >= 11 is 6.92. The average Bonchev–Trinajstić information content (AvgIpc) is 1.59. The van der Waals surface area contributed by atoms with Crippen LogP contribution < -0.4 is 31.5 Å². The lowest BCUT2D eigenvalue weighted by molar-refractivity contribution is -0.144. The van der Waals surface area contributed by atoms with Crippen LogP contribution in [-0.4, -0.2) is 142 Å². The number of benzene rings is 1. The van der Waals surface area contributed by atoms with Crippen molar-refractivity contribution in [3.05, 3.63) is 111 Å². The zero-order valence-electron chi connectivity index (χ0n) is 53.5. The Labute approximate surface area is 584 Å². The number of nitrogens with one attached hydrogen (secondary N) is 5. The lowest BCUT2D eigenvalue weighted by Gasteiger charge is -2.28. The highest BCUT2D eigenvalue weighted by Gasteiger charge is 2.35. The molecule has 8 aromatic rings. The second-order valence-corrected chi connectivity index (χ2v) is 29.3. The monoisotopic (exact) mass is 1450 g/mol. The maximum absolute atomic E-state index is 14.5. The highest BCUT2D eigenvalue weighted by atomic mass is 32.1. The highest BCUT2D eigenvalue weighted by Crippen LogP contribution is 2.41.